The first kappa shape index (κ1) is 24.5. The largest absolute Gasteiger partial charge is 0.355 e. The van der Waals surface area contributed by atoms with E-state index in [9.17, 15) is 9.59 Å². The van der Waals surface area contributed by atoms with Gasteiger partial charge >= 0.3 is 6.03 Å². The minimum Gasteiger partial charge on any atom is -0.355 e. The summed E-state index contributed by atoms with van der Waals surface area (Å²) in [5.74, 6) is -0.0673. The molecule has 182 valence electrons. The van der Waals surface area contributed by atoms with Crippen LogP contribution in [0.5, 0.6) is 0 Å². The summed E-state index contributed by atoms with van der Waals surface area (Å²) in [4.78, 5) is 27.9. The standard InChI is InChI=1S/C29H34N4O2/c1-22-9-11-25(12-10-22)27(21-28(34)30-17-20-33-18-5-6-19-33)32-29(35)31-26-15-13-24(14-16-26)23-7-3-2-4-8-23/h2-4,7-16,27H,5-6,17-21H2,1H3,(H,30,34)(H2,31,32,35). The van der Waals surface area contributed by atoms with Crippen molar-refractivity contribution < 1.29 is 9.59 Å². The van der Waals surface area contributed by atoms with Gasteiger partial charge in [-0.15, -0.1) is 0 Å². The lowest BCUT2D eigenvalue weighted by molar-refractivity contribution is -0.121. The Labute approximate surface area is 207 Å². The molecule has 0 aromatic heterocycles. The van der Waals surface area contributed by atoms with Crippen molar-refractivity contribution in [1.82, 2.24) is 15.5 Å². The molecule has 1 unspecified atom stereocenters. The zero-order valence-corrected chi connectivity index (χ0v) is 20.3. The fourth-order valence-corrected chi connectivity index (χ4v) is 4.37. The third-order valence-electron chi connectivity index (χ3n) is 6.37. The molecule has 1 fully saturated rings. The second kappa shape index (κ2) is 12.2. The molecule has 1 atom stereocenters. The number of carbonyl (C=O) groups excluding carboxylic acids is 2. The van der Waals surface area contributed by atoms with Gasteiger partial charge in [-0.1, -0.05) is 72.3 Å². The van der Waals surface area contributed by atoms with Gasteiger partial charge in [0.25, 0.3) is 0 Å². The number of amides is 3. The molecular weight excluding hydrogens is 436 g/mol. The van der Waals surface area contributed by atoms with E-state index in [1.54, 1.807) is 0 Å². The molecule has 6 nitrogen and oxygen atoms in total. The summed E-state index contributed by atoms with van der Waals surface area (Å²) < 4.78 is 0. The van der Waals surface area contributed by atoms with Gasteiger partial charge in [0.05, 0.1) is 12.5 Å². The molecule has 0 saturated carbocycles. The van der Waals surface area contributed by atoms with Gasteiger partial charge in [-0.05, 0) is 61.7 Å². The second-order valence-electron chi connectivity index (χ2n) is 9.11. The maximum Gasteiger partial charge on any atom is 0.319 e. The number of nitrogens with zero attached hydrogens (tertiary/aromatic N) is 1. The lowest BCUT2D eigenvalue weighted by Crippen LogP contribution is -2.38. The molecule has 4 rings (SSSR count). The lowest BCUT2D eigenvalue weighted by Gasteiger charge is -2.20. The third-order valence-corrected chi connectivity index (χ3v) is 6.37. The first-order valence-electron chi connectivity index (χ1n) is 12.4. The Morgan fingerprint density at radius 3 is 2.20 bits per heavy atom. The molecule has 1 aliphatic heterocycles. The van der Waals surface area contributed by atoms with E-state index >= 15 is 0 Å². The number of anilines is 1. The van der Waals surface area contributed by atoms with Crippen molar-refractivity contribution in [2.45, 2.75) is 32.2 Å². The van der Waals surface area contributed by atoms with Crippen molar-refractivity contribution in [2.75, 3.05) is 31.5 Å². The predicted octanol–water partition coefficient (Wildman–Crippen LogP) is 5.13. The molecule has 35 heavy (non-hydrogen) atoms. The molecule has 3 amide bonds. The van der Waals surface area contributed by atoms with Crippen LogP contribution < -0.4 is 16.0 Å². The third kappa shape index (κ3) is 7.42. The molecule has 3 N–H and O–H groups in total. The molecule has 1 heterocycles. The minimum absolute atomic E-state index is 0.0673. The number of nitrogens with one attached hydrogen (secondary N) is 3. The number of benzene rings is 3. The van der Waals surface area contributed by atoms with E-state index in [-0.39, 0.29) is 18.4 Å². The highest BCUT2D eigenvalue weighted by Gasteiger charge is 2.19. The van der Waals surface area contributed by atoms with Crippen molar-refractivity contribution in [2.24, 2.45) is 0 Å². The van der Waals surface area contributed by atoms with Gasteiger partial charge in [0.2, 0.25) is 5.91 Å². The van der Waals surface area contributed by atoms with Gasteiger partial charge in [0, 0.05) is 18.8 Å². The average Bonchev–Trinajstić information content (AvgIpc) is 3.39. The van der Waals surface area contributed by atoms with Crippen molar-refractivity contribution in [3.05, 3.63) is 90.0 Å². The average molecular weight is 471 g/mol. The summed E-state index contributed by atoms with van der Waals surface area (Å²) in [6.45, 7) is 5.72. The topological polar surface area (TPSA) is 73.5 Å². The van der Waals surface area contributed by atoms with Gasteiger partial charge < -0.3 is 20.9 Å². The Morgan fingerprint density at radius 1 is 0.857 bits per heavy atom. The quantitative estimate of drug-likeness (QED) is 0.406. The van der Waals surface area contributed by atoms with Crippen molar-refractivity contribution >= 4 is 17.6 Å². The Morgan fingerprint density at radius 2 is 1.51 bits per heavy atom. The zero-order chi connectivity index (χ0) is 24.5. The number of hydrogen-bond acceptors (Lipinski definition) is 3. The fourth-order valence-electron chi connectivity index (χ4n) is 4.37. The maximum atomic E-state index is 12.8. The van der Waals surface area contributed by atoms with E-state index in [0.29, 0.717) is 12.2 Å². The summed E-state index contributed by atoms with van der Waals surface area (Å²) in [6.07, 6.45) is 2.65. The highest BCUT2D eigenvalue weighted by atomic mass is 16.2. The minimum atomic E-state index is -0.425. The van der Waals surface area contributed by atoms with Crippen molar-refractivity contribution in [3.63, 3.8) is 0 Å². The first-order chi connectivity index (χ1) is 17.1. The Bertz CT molecular complexity index is 1090. The molecule has 1 saturated heterocycles. The number of likely N-dealkylation sites (tertiary alicyclic amines) is 1. The molecular formula is C29H34N4O2. The number of urea groups is 1. The van der Waals surface area contributed by atoms with Crippen LogP contribution >= 0.6 is 0 Å². The summed E-state index contributed by atoms with van der Waals surface area (Å²) >= 11 is 0. The SMILES string of the molecule is Cc1ccc(C(CC(=O)NCCN2CCCC2)NC(=O)Nc2ccc(-c3ccccc3)cc2)cc1. The number of hydrogen-bond donors (Lipinski definition) is 3. The Balaban J connectivity index is 1.35. The summed E-state index contributed by atoms with van der Waals surface area (Å²) in [5, 5.41) is 8.90. The van der Waals surface area contributed by atoms with Gasteiger partial charge in [-0.2, -0.15) is 0 Å². The van der Waals surface area contributed by atoms with Crippen LogP contribution in [-0.4, -0.2) is 43.0 Å². The number of carbonyl (C=O) groups is 2. The zero-order valence-electron chi connectivity index (χ0n) is 20.3. The molecule has 0 aliphatic carbocycles. The maximum absolute atomic E-state index is 12.8. The molecule has 3 aromatic rings. The van der Waals surface area contributed by atoms with Crippen LogP contribution in [0.15, 0.2) is 78.9 Å². The second-order valence-corrected chi connectivity index (χ2v) is 9.11. The Hall–Kier alpha value is -3.64. The van der Waals surface area contributed by atoms with E-state index in [0.717, 1.165) is 41.9 Å². The molecule has 3 aromatic carbocycles. The molecule has 6 heteroatoms. The van der Waals surface area contributed by atoms with E-state index in [1.807, 2.05) is 73.7 Å². The summed E-state index contributed by atoms with van der Waals surface area (Å²) in [7, 11) is 0. The van der Waals surface area contributed by atoms with E-state index in [1.165, 1.54) is 12.8 Å². The van der Waals surface area contributed by atoms with Gasteiger partial charge in [0.15, 0.2) is 0 Å². The predicted molar refractivity (Wildman–Crippen MR) is 141 cm³/mol. The van der Waals surface area contributed by atoms with Crippen LogP contribution in [0, 0.1) is 6.92 Å². The Kier molecular flexibility index (Phi) is 8.52. The summed E-state index contributed by atoms with van der Waals surface area (Å²) in [5.41, 5.74) is 4.93. The van der Waals surface area contributed by atoms with E-state index < -0.39 is 6.04 Å². The highest BCUT2D eigenvalue weighted by molar-refractivity contribution is 5.90. The van der Waals surface area contributed by atoms with Crippen LogP contribution in [0.3, 0.4) is 0 Å². The first-order valence-corrected chi connectivity index (χ1v) is 12.4. The lowest BCUT2D eigenvalue weighted by atomic mass is 10.0. The number of aryl methyl sites for hydroxylation is 1. The van der Waals surface area contributed by atoms with Crippen molar-refractivity contribution in [1.29, 1.82) is 0 Å². The summed E-state index contributed by atoms with van der Waals surface area (Å²) in [6, 6.07) is 25.0. The van der Waals surface area contributed by atoms with Crippen LogP contribution in [0.2, 0.25) is 0 Å². The van der Waals surface area contributed by atoms with Crippen LogP contribution in [0.25, 0.3) is 11.1 Å². The van der Waals surface area contributed by atoms with E-state index in [4.69, 9.17) is 0 Å². The van der Waals surface area contributed by atoms with Crippen LogP contribution in [0.4, 0.5) is 10.5 Å². The van der Waals surface area contributed by atoms with Crippen LogP contribution in [-0.2, 0) is 4.79 Å². The monoisotopic (exact) mass is 470 g/mol. The molecule has 0 bridgehead atoms. The van der Waals surface area contributed by atoms with Gasteiger partial charge in [-0.25, -0.2) is 4.79 Å². The van der Waals surface area contributed by atoms with Gasteiger partial charge in [-0.3, -0.25) is 4.79 Å². The smallest absolute Gasteiger partial charge is 0.319 e. The van der Waals surface area contributed by atoms with Gasteiger partial charge in [0.1, 0.15) is 0 Å². The molecule has 0 radical (unpaired) electrons. The molecule has 0 spiro atoms. The molecule has 1 aliphatic rings. The fraction of sp³-hybridized carbons (Fsp3) is 0.310. The number of rotatable bonds is 9. The van der Waals surface area contributed by atoms with Crippen molar-refractivity contribution in [3.8, 4) is 11.1 Å². The normalized spacial score (nSPS) is 14.3. The van der Waals surface area contributed by atoms with Crippen LogP contribution in [0.1, 0.15) is 36.4 Å². The highest BCUT2D eigenvalue weighted by Crippen LogP contribution is 2.22. The van der Waals surface area contributed by atoms with E-state index in [2.05, 4.69) is 33.0 Å².